The fourth-order valence-corrected chi connectivity index (χ4v) is 1.55. The van der Waals surface area contributed by atoms with Crippen molar-refractivity contribution < 1.29 is 27.8 Å². The molecule has 106 valence electrons. The molecule has 0 fully saturated rings. The van der Waals surface area contributed by atoms with Gasteiger partial charge >= 0.3 is 12.1 Å². The van der Waals surface area contributed by atoms with Crippen LogP contribution in [0.5, 0.6) is 5.75 Å². The molecule has 0 bridgehead atoms. The molecular weight excluding hydrogens is 287 g/mol. The lowest BCUT2D eigenvalue weighted by atomic mass is 10.1. The van der Waals surface area contributed by atoms with Gasteiger partial charge < -0.3 is 15.2 Å². The molecule has 19 heavy (non-hydrogen) atoms. The molecule has 0 spiro atoms. The van der Waals surface area contributed by atoms with Crippen LogP contribution in [0.1, 0.15) is 0 Å². The van der Waals surface area contributed by atoms with Gasteiger partial charge in [0, 0.05) is 11.6 Å². The molecule has 1 rings (SSSR count). The van der Waals surface area contributed by atoms with E-state index in [1.807, 2.05) is 0 Å². The number of ether oxygens (including phenoxy) is 1. The highest BCUT2D eigenvalue weighted by atomic mass is 35.5. The molecule has 2 N–H and O–H groups in total. The molecule has 1 unspecified atom stereocenters. The van der Waals surface area contributed by atoms with Gasteiger partial charge in [0.05, 0.1) is 12.8 Å². The van der Waals surface area contributed by atoms with Gasteiger partial charge in [-0.05, 0) is 18.2 Å². The minimum absolute atomic E-state index is 0.200. The quantitative estimate of drug-likeness (QED) is 0.877. The predicted octanol–water partition coefficient (Wildman–Crippen LogP) is 3.02. The van der Waals surface area contributed by atoms with E-state index >= 15 is 0 Å². The molecule has 0 saturated carbocycles. The average molecular weight is 298 g/mol. The van der Waals surface area contributed by atoms with E-state index in [0.29, 0.717) is 5.02 Å². The van der Waals surface area contributed by atoms with Gasteiger partial charge in [0.25, 0.3) is 0 Å². The monoisotopic (exact) mass is 297 g/mol. The predicted molar refractivity (Wildman–Crippen MR) is 63.7 cm³/mol. The van der Waals surface area contributed by atoms with Crippen LogP contribution in [0.15, 0.2) is 18.2 Å². The Labute approximate surface area is 112 Å². The first-order valence-corrected chi connectivity index (χ1v) is 5.50. The van der Waals surface area contributed by atoms with E-state index < -0.39 is 24.6 Å². The summed E-state index contributed by atoms with van der Waals surface area (Å²) in [4.78, 5) is 10.6. The highest BCUT2D eigenvalue weighted by Crippen LogP contribution is 2.30. The zero-order chi connectivity index (χ0) is 14.6. The molecule has 0 aliphatic heterocycles. The lowest BCUT2D eigenvalue weighted by Gasteiger charge is -2.18. The molecule has 0 aliphatic carbocycles. The molecule has 4 nitrogen and oxygen atoms in total. The Bertz CT molecular complexity index is 465. The molecule has 1 aromatic carbocycles. The standard InChI is InChI=1S/C11H11ClF3NO3/c1-19-9-3-2-6(12)4-8(9)16-5-7(10(17)18)11(13,14)15/h2-4,7,16H,5H2,1H3,(H,17,18). The normalized spacial score (nSPS) is 12.9. The summed E-state index contributed by atoms with van der Waals surface area (Å²) in [6, 6.07) is 4.33. The summed E-state index contributed by atoms with van der Waals surface area (Å²) in [5.41, 5.74) is 0.200. The van der Waals surface area contributed by atoms with Gasteiger partial charge in [-0.15, -0.1) is 0 Å². The second-order valence-corrected chi connectivity index (χ2v) is 4.09. The van der Waals surface area contributed by atoms with Gasteiger partial charge in [-0.2, -0.15) is 13.2 Å². The highest BCUT2D eigenvalue weighted by molar-refractivity contribution is 6.30. The molecule has 0 heterocycles. The molecule has 1 aromatic rings. The fraction of sp³-hybridized carbons (Fsp3) is 0.364. The maximum Gasteiger partial charge on any atom is 0.403 e. The van der Waals surface area contributed by atoms with Crippen molar-refractivity contribution in [2.45, 2.75) is 6.18 Å². The smallest absolute Gasteiger partial charge is 0.403 e. The van der Waals surface area contributed by atoms with Gasteiger partial charge in [0.2, 0.25) is 0 Å². The van der Waals surface area contributed by atoms with Crippen LogP contribution in [-0.4, -0.2) is 30.9 Å². The Balaban J connectivity index is 2.85. The molecule has 0 aliphatic rings. The van der Waals surface area contributed by atoms with E-state index in [2.05, 4.69) is 5.32 Å². The number of rotatable bonds is 5. The first kappa shape index (κ1) is 15.4. The number of alkyl halides is 3. The van der Waals surface area contributed by atoms with Gasteiger partial charge in [-0.25, -0.2) is 0 Å². The van der Waals surface area contributed by atoms with E-state index in [1.165, 1.54) is 25.3 Å². The largest absolute Gasteiger partial charge is 0.495 e. The lowest BCUT2D eigenvalue weighted by Crippen LogP contribution is -2.36. The number of anilines is 1. The molecule has 8 heteroatoms. The number of benzene rings is 1. The number of nitrogens with one attached hydrogen (secondary N) is 1. The number of carboxylic acids is 1. The summed E-state index contributed by atoms with van der Waals surface area (Å²) in [7, 11) is 1.34. The summed E-state index contributed by atoms with van der Waals surface area (Å²) in [6.45, 7) is -0.810. The third-order valence-corrected chi connectivity index (χ3v) is 2.59. The lowest BCUT2D eigenvalue weighted by molar-refractivity contribution is -0.190. The van der Waals surface area contributed by atoms with Crippen molar-refractivity contribution in [1.82, 2.24) is 0 Å². The fourth-order valence-electron chi connectivity index (χ4n) is 1.37. The van der Waals surface area contributed by atoms with Gasteiger partial charge in [0.15, 0.2) is 5.92 Å². The number of methoxy groups -OCH3 is 1. The number of hydrogen-bond acceptors (Lipinski definition) is 3. The van der Waals surface area contributed by atoms with Crippen LogP contribution >= 0.6 is 11.6 Å². The number of hydrogen-bond donors (Lipinski definition) is 2. The van der Waals surface area contributed by atoms with E-state index in [0.717, 1.165) is 0 Å². The Hall–Kier alpha value is -1.63. The van der Waals surface area contributed by atoms with E-state index in [-0.39, 0.29) is 11.4 Å². The van der Waals surface area contributed by atoms with Crippen molar-refractivity contribution >= 4 is 23.3 Å². The van der Waals surface area contributed by atoms with Crippen LogP contribution in [0.25, 0.3) is 0 Å². The zero-order valence-corrected chi connectivity index (χ0v) is 10.5. The summed E-state index contributed by atoms with van der Waals surface area (Å²) < 4.78 is 42.3. The number of carbonyl (C=O) groups is 1. The minimum Gasteiger partial charge on any atom is -0.495 e. The number of aliphatic carboxylic acids is 1. The number of carboxylic acid groups (broad SMARTS) is 1. The van der Waals surface area contributed by atoms with Crippen LogP contribution in [-0.2, 0) is 4.79 Å². The van der Waals surface area contributed by atoms with Crippen molar-refractivity contribution in [1.29, 1.82) is 0 Å². The molecule has 0 aromatic heterocycles. The average Bonchev–Trinajstić information content (AvgIpc) is 2.27. The second kappa shape index (κ2) is 6.01. The van der Waals surface area contributed by atoms with Crippen molar-refractivity contribution in [3.63, 3.8) is 0 Å². The summed E-state index contributed by atoms with van der Waals surface area (Å²) >= 11 is 5.71. The van der Waals surface area contributed by atoms with E-state index in [9.17, 15) is 18.0 Å². The van der Waals surface area contributed by atoms with E-state index in [4.69, 9.17) is 21.4 Å². The zero-order valence-electron chi connectivity index (χ0n) is 9.79. The molecular formula is C11H11ClF3NO3. The van der Waals surface area contributed by atoms with Gasteiger partial charge in [0.1, 0.15) is 5.75 Å². The molecule has 1 atom stereocenters. The third-order valence-electron chi connectivity index (χ3n) is 2.35. The Kier molecular flexibility index (Phi) is 4.88. The highest BCUT2D eigenvalue weighted by Gasteiger charge is 2.44. The maximum atomic E-state index is 12.5. The molecule has 0 amide bonds. The van der Waals surface area contributed by atoms with Crippen molar-refractivity contribution in [3.8, 4) is 5.75 Å². The first-order chi connectivity index (χ1) is 8.75. The summed E-state index contributed by atoms with van der Waals surface area (Å²) in [6.07, 6.45) is -4.83. The third kappa shape index (κ3) is 4.20. The van der Waals surface area contributed by atoms with Crippen molar-refractivity contribution in [2.24, 2.45) is 5.92 Å². The Morgan fingerprint density at radius 1 is 1.53 bits per heavy atom. The van der Waals surface area contributed by atoms with Crippen LogP contribution in [0.4, 0.5) is 18.9 Å². The first-order valence-electron chi connectivity index (χ1n) is 5.12. The molecule has 0 saturated heterocycles. The van der Waals surface area contributed by atoms with Crippen LogP contribution < -0.4 is 10.1 Å². The topological polar surface area (TPSA) is 58.6 Å². The minimum atomic E-state index is -4.83. The SMILES string of the molecule is COc1ccc(Cl)cc1NCC(C(=O)O)C(F)(F)F. The second-order valence-electron chi connectivity index (χ2n) is 3.66. The van der Waals surface area contributed by atoms with Gasteiger partial charge in [-0.1, -0.05) is 11.6 Å². The Morgan fingerprint density at radius 2 is 2.16 bits per heavy atom. The Morgan fingerprint density at radius 3 is 2.63 bits per heavy atom. The van der Waals surface area contributed by atoms with E-state index in [1.54, 1.807) is 0 Å². The van der Waals surface area contributed by atoms with Crippen LogP contribution in [0, 0.1) is 5.92 Å². The number of halogens is 4. The van der Waals surface area contributed by atoms with Crippen LogP contribution in [0.3, 0.4) is 0 Å². The van der Waals surface area contributed by atoms with Gasteiger partial charge in [-0.3, -0.25) is 4.79 Å². The van der Waals surface area contributed by atoms with Crippen LogP contribution in [0.2, 0.25) is 5.02 Å². The van der Waals surface area contributed by atoms with Crippen molar-refractivity contribution in [3.05, 3.63) is 23.2 Å². The maximum absolute atomic E-state index is 12.5. The summed E-state index contributed by atoms with van der Waals surface area (Å²) in [5.74, 6) is -4.17. The molecule has 0 radical (unpaired) electrons. The summed E-state index contributed by atoms with van der Waals surface area (Å²) in [5, 5.41) is 11.2. The van der Waals surface area contributed by atoms with Crippen molar-refractivity contribution in [2.75, 3.05) is 19.0 Å².